The molecule has 0 amide bonds. The molecule has 0 aliphatic heterocycles. The summed E-state index contributed by atoms with van der Waals surface area (Å²) in [6.07, 6.45) is 1.50. The van der Waals surface area contributed by atoms with E-state index in [2.05, 4.69) is 83.2 Å². The minimum absolute atomic E-state index is 0.351. The first-order valence-corrected chi connectivity index (χ1v) is 18.6. The predicted octanol–water partition coefficient (Wildman–Crippen LogP) is 9.62. The van der Waals surface area contributed by atoms with E-state index in [9.17, 15) is 9.59 Å². The summed E-state index contributed by atoms with van der Waals surface area (Å²) in [7, 11) is 3.36. The van der Waals surface area contributed by atoms with Crippen molar-refractivity contribution in [1.82, 2.24) is 0 Å². The Morgan fingerprint density at radius 2 is 1.15 bits per heavy atom. The SMILES string of the molecule is C=CC(=O)Oc1ccc(C2(c3ccc(OC(=O)C4CC5(OC)c6ccccc6C4(OC)c4ccc(Br)cc45)cc3)c3ccccc3-c3ccccc32)cc1. The Hall–Kier alpha value is -5.60. The lowest BCUT2D eigenvalue weighted by Gasteiger charge is -2.56. The molecule has 0 aromatic heterocycles. The molecule has 0 radical (unpaired) electrons. The Kier molecular flexibility index (Phi) is 8.08. The van der Waals surface area contributed by atoms with Gasteiger partial charge in [-0.25, -0.2) is 4.79 Å². The van der Waals surface area contributed by atoms with Crippen molar-refractivity contribution in [3.05, 3.63) is 201 Å². The highest BCUT2D eigenvalue weighted by Crippen LogP contribution is 2.63. The van der Waals surface area contributed by atoms with E-state index in [1.165, 1.54) is 0 Å². The largest absolute Gasteiger partial charge is 0.426 e. The number of rotatable bonds is 8. The fraction of sp³-hybridized carbons (Fsp3) is 0.149. The Morgan fingerprint density at radius 3 is 1.70 bits per heavy atom. The van der Waals surface area contributed by atoms with Crippen LogP contribution in [0.4, 0.5) is 0 Å². The van der Waals surface area contributed by atoms with Gasteiger partial charge < -0.3 is 18.9 Å². The number of carbonyl (C=O) groups is 2. The van der Waals surface area contributed by atoms with Crippen molar-refractivity contribution < 1.29 is 28.5 Å². The number of benzene rings is 6. The zero-order chi connectivity index (χ0) is 37.2. The third-order valence-electron chi connectivity index (χ3n) is 11.6. The van der Waals surface area contributed by atoms with Crippen molar-refractivity contribution in [3.8, 4) is 22.6 Å². The molecule has 6 aromatic carbocycles. The van der Waals surface area contributed by atoms with Crippen molar-refractivity contribution in [3.63, 3.8) is 0 Å². The summed E-state index contributed by atoms with van der Waals surface area (Å²) in [6, 6.07) is 46.4. The molecule has 0 saturated heterocycles. The molecule has 2 bridgehead atoms. The molecule has 4 aliphatic carbocycles. The second-order valence-electron chi connectivity index (χ2n) is 13.9. The summed E-state index contributed by atoms with van der Waals surface area (Å²) in [6.45, 7) is 3.52. The van der Waals surface area contributed by atoms with Crippen LogP contribution >= 0.6 is 15.9 Å². The summed E-state index contributed by atoms with van der Waals surface area (Å²) in [4.78, 5) is 26.5. The van der Waals surface area contributed by atoms with Gasteiger partial charge in [-0.05, 0) is 92.0 Å². The van der Waals surface area contributed by atoms with Crippen LogP contribution in [0.2, 0.25) is 0 Å². The molecule has 10 rings (SSSR count). The van der Waals surface area contributed by atoms with E-state index in [-0.39, 0.29) is 0 Å². The monoisotopic (exact) mass is 774 g/mol. The number of fused-ring (bicyclic) bond motifs is 4. The van der Waals surface area contributed by atoms with E-state index in [1.807, 2.05) is 78.9 Å². The fourth-order valence-corrected chi connectivity index (χ4v) is 9.84. The molecule has 0 N–H and O–H groups in total. The molecule has 4 aliphatic rings. The van der Waals surface area contributed by atoms with E-state index < -0.39 is 34.5 Å². The number of esters is 2. The number of halogens is 1. The van der Waals surface area contributed by atoms with Crippen LogP contribution in [0, 0.1) is 5.92 Å². The van der Waals surface area contributed by atoms with E-state index in [1.54, 1.807) is 14.2 Å². The quantitative estimate of drug-likeness (QED) is 0.0871. The van der Waals surface area contributed by atoms with Crippen LogP contribution in [0.3, 0.4) is 0 Å². The molecule has 3 atom stereocenters. The average Bonchev–Trinajstić information content (AvgIpc) is 3.52. The van der Waals surface area contributed by atoms with Gasteiger partial charge in [0.25, 0.3) is 0 Å². The van der Waals surface area contributed by atoms with Crippen LogP contribution in [0.5, 0.6) is 11.5 Å². The molecule has 7 heteroatoms. The van der Waals surface area contributed by atoms with Crippen LogP contribution in [-0.2, 0) is 35.7 Å². The van der Waals surface area contributed by atoms with Crippen LogP contribution in [0.1, 0.15) is 50.9 Å². The zero-order valence-electron chi connectivity index (χ0n) is 29.7. The highest BCUT2D eigenvalue weighted by Gasteiger charge is 2.64. The van der Waals surface area contributed by atoms with Crippen molar-refractivity contribution >= 4 is 27.9 Å². The van der Waals surface area contributed by atoms with E-state index in [0.29, 0.717) is 17.9 Å². The molecule has 0 fully saturated rings. The summed E-state index contributed by atoms with van der Waals surface area (Å²) in [5, 5.41) is 0. The first kappa shape index (κ1) is 34.2. The minimum Gasteiger partial charge on any atom is -0.426 e. The van der Waals surface area contributed by atoms with Crippen LogP contribution in [0.15, 0.2) is 157 Å². The molecule has 3 unspecified atom stereocenters. The molecule has 0 heterocycles. The maximum absolute atomic E-state index is 14.5. The average molecular weight is 776 g/mol. The Labute approximate surface area is 322 Å². The van der Waals surface area contributed by atoms with Crippen LogP contribution < -0.4 is 9.47 Å². The summed E-state index contributed by atoms with van der Waals surface area (Å²) < 4.78 is 25.5. The number of carbonyl (C=O) groups excluding carboxylic acids is 2. The van der Waals surface area contributed by atoms with Gasteiger partial charge in [-0.2, -0.15) is 0 Å². The maximum atomic E-state index is 14.5. The van der Waals surface area contributed by atoms with E-state index >= 15 is 0 Å². The van der Waals surface area contributed by atoms with E-state index in [4.69, 9.17) is 18.9 Å². The summed E-state index contributed by atoms with van der Waals surface area (Å²) in [5.74, 6) is -0.757. The molecular weight excluding hydrogens is 740 g/mol. The summed E-state index contributed by atoms with van der Waals surface area (Å²) in [5.41, 5.74) is 7.64. The topological polar surface area (TPSA) is 71.1 Å². The normalized spacial score (nSPS) is 20.9. The van der Waals surface area contributed by atoms with Gasteiger partial charge >= 0.3 is 11.9 Å². The molecule has 266 valence electrons. The molecule has 54 heavy (non-hydrogen) atoms. The Balaban J connectivity index is 1.12. The van der Waals surface area contributed by atoms with Gasteiger partial charge in [0, 0.05) is 31.2 Å². The standard InChI is InChI=1S/C47H35BrO6/c1-4-43(49)53-32-22-17-29(18-23-32)46(36-13-7-5-11-34(36)35-12-6-8-14-37(35)46)30-19-24-33(25-20-30)54-44(50)42-28-45(51-2)38-15-9-10-16-39(38)47(42,52-3)40-26-21-31(48)27-41(40)45/h4-27,42H,1,28H2,2-3H3. The number of hydrogen-bond acceptors (Lipinski definition) is 6. The van der Waals surface area contributed by atoms with Gasteiger partial charge in [0.2, 0.25) is 0 Å². The van der Waals surface area contributed by atoms with Crippen molar-refractivity contribution in [2.45, 2.75) is 23.0 Å². The van der Waals surface area contributed by atoms with E-state index in [0.717, 1.165) is 66.2 Å². The van der Waals surface area contributed by atoms with Gasteiger partial charge in [0.1, 0.15) is 22.7 Å². The molecular formula is C47H35BrO6. The Morgan fingerprint density at radius 1 is 0.630 bits per heavy atom. The highest BCUT2D eigenvalue weighted by atomic mass is 79.9. The second kappa shape index (κ2) is 12.8. The second-order valence-corrected chi connectivity index (χ2v) is 14.8. The maximum Gasteiger partial charge on any atom is 0.335 e. The van der Waals surface area contributed by atoms with Crippen molar-refractivity contribution in [2.24, 2.45) is 5.92 Å². The lowest BCUT2D eigenvalue weighted by Crippen LogP contribution is -2.59. The fourth-order valence-electron chi connectivity index (χ4n) is 9.48. The lowest BCUT2D eigenvalue weighted by molar-refractivity contribution is -0.164. The first-order chi connectivity index (χ1) is 26.3. The number of methoxy groups -OCH3 is 2. The van der Waals surface area contributed by atoms with Crippen molar-refractivity contribution in [2.75, 3.05) is 14.2 Å². The molecule has 6 nitrogen and oxygen atoms in total. The van der Waals surface area contributed by atoms with Gasteiger partial charge in [-0.1, -0.05) is 126 Å². The van der Waals surface area contributed by atoms with Crippen LogP contribution in [0.25, 0.3) is 11.1 Å². The van der Waals surface area contributed by atoms with Gasteiger partial charge in [0.05, 0.1) is 11.3 Å². The van der Waals surface area contributed by atoms with Gasteiger partial charge in [-0.3, -0.25) is 4.79 Å². The van der Waals surface area contributed by atoms with Crippen molar-refractivity contribution in [1.29, 1.82) is 0 Å². The zero-order valence-corrected chi connectivity index (χ0v) is 31.3. The third-order valence-corrected chi connectivity index (χ3v) is 12.1. The van der Waals surface area contributed by atoms with Gasteiger partial charge in [0.15, 0.2) is 0 Å². The molecule has 0 spiro atoms. The lowest BCUT2D eigenvalue weighted by atomic mass is 9.54. The number of hydrogen-bond donors (Lipinski definition) is 0. The molecule has 6 aromatic rings. The number of ether oxygens (including phenoxy) is 4. The summed E-state index contributed by atoms with van der Waals surface area (Å²) >= 11 is 3.66. The Bertz CT molecular complexity index is 2440. The predicted molar refractivity (Wildman–Crippen MR) is 209 cm³/mol. The molecule has 0 saturated carbocycles. The third kappa shape index (κ3) is 4.65. The van der Waals surface area contributed by atoms with Crippen LogP contribution in [-0.4, -0.2) is 26.2 Å². The smallest absolute Gasteiger partial charge is 0.335 e. The first-order valence-electron chi connectivity index (χ1n) is 17.8. The van der Waals surface area contributed by atoms with Gasteiger partial charge in [-0.15, -0.1) is 0 Å². The minimum atomic E-state index is -1.07. The highest BCUT2D eigenvalue weighted by molar-refractivity contribution is 9.10.